The van der Waals surface area contributed by atoms with Gasteiger partial charge in [0.05, 0.1) is 19.8 Å². The molecular weight excluding hydrogens is 246 g/mol. The molecule has 0 saturated carbocycles. The first kappa shape index (κ1) is 15.1. The molecule has 1 aromatic rings. The number of carbonyl (C=O) groups excluding carboxylic acids is 1. The Balaban J connectivity index is 2.69. The Bertz CT molecular complexity index is 406. The fourth-order valence-corrected chi connectivity index (χ4v) is 1.55. The highest BCUT2D eigenvalue weighted by Crippen LogP contribution is 2.30. The highest BCUT2D eigenvalue weighted by atomic mass is 16.5. The molecule has 0 aliphatic rings. The summed E-state index contributed by atoms with van der Waals surface area (Å²) in [7, 11) is 0. The van der Waals surface area contributed by atoms with Crippen molar-refractivity contribution in [1.82, 2.24) is 0 Å². The lowest BCUT2D eigenvalue weighted by atomic mass is 10.2. The van der Waals surface area contributed by atoms with Crippen molar-refractivity contribution in [3.63, 3.8) is 0 Å². The van der Waals surface area contributed by atoms with E-state index in [0.29, 0.717) is 31.3 Å². The van der Waals surface area contributed by atoms with Crippen molar-refractivity contribution in [2.45, 2.75) is 20.8 Å². The molecule has 0 fully saturated rings. The molecule has 1 rings (SSSR count). The van der Waals surface area contributed by atoms with Gasteiger partial charge in [-0.2, -0.15) is 0 Å². The largest absolute Gasteiger partial charge is 0.490 e. The Morgan fingerprint density at radius 1 is 1.05 bits per heavy atom. The van der Waals surface area contributed by atoms with Crippen molar-refractivity contribution < 1.29 is 19.0 Å². The van der Waals surface area contributed by atoms with E-state index in [2.05, 4.69) is 5.32 Å². The number of anilines is 1. The van der Waals surface area contributed by atoms with E-state index < -0.39 is 0 Å². The van der Waals surface area contributed by atoms with E-state index in [1.165, 1.54) is 0 Å². The van der Waals surface area contributed by atoms with E-state index in [0.717, 1.165) is 5.69 Å². The Morgan fingerprint density at radius 2 is 1.74 bits per heavy atom. The summed E-state index contributed by atoms with van der Waals surface area (Å²) >= 11 is 0. The molecular formula is C14H21NO4. The maximum absolute atomic E-state index is 11.3. The molecule has 0 saturated heterocycles. The minimum absolute atomic E-state index is 0.132. The first-order chi connectivity index (χ1) is 9.21. The van der Waals surface area contributed by atoms with Crippen LogP contribution in [0, 0.1) is 0 Å². The van der Waals surface area contributed by atoms with Crippen LogP contribution in [0.15, 0.2) is 18.2 Å². The van der Waals surface area contributed by atoms with Crippen molar-refractivity contribution in [2.24, 2.45) is 0 Å². The molecule has 5 heteroatoms. The zero-order valence-corrected chi connectivity index (χ0v) is 11.7. The first-order valence-corrected chi connectivity index (χ1v) is 6.50. The summed E-state index contributed by atoms with van der Waals surface area (Å²) in [6.07, 6.45) is 0. The summed E-state index contributed by atoms with van der Waals surface area (Å²) in [5.74, 6) is 1.08. The molecule has 0 bridgehead atoms. The van der Waals surface area contributed by atoms with Gasteiger partial charge in [0.2, 0.25) is 0 Å². The topological polar surface area (TPSA) is 56.8 Å². The van der Waals surface area contributed by atoms with Gasteiger partial charge in [-0.1, -0.05) is 0 Å². The molecule has 0 amide bonds. The second-order valence-corrected chi connectivity index (χ2v) is 3.69. The highest BCUT2D eigenvalue weighted by Gasteiger charge is 2.07. The van der Waals surface area contributed by atoms with Gasteiger partial charge in [0.25, 0.3) is 0 Å². The monoisotopic (exact) mass is 267 g/mol. The lowest BCUT2D eigenvalue weighted by molar-refractivity contribution is -0.140. The van der Waals surface area contributed by atoms with Crippen molar-refractivity contribution in [3.05, 3.63) is 18.2 Å². The summed E-state index contributed by atoms with van der Waals surface area (Å²) in [6.45, 7) is 7.26. The molecule has 0 heterocycles. The molecule has 0 spiro atoms. The average Bonchev–Trinajstić information content (AvgIpc) is 2.40. The third-order valence-corrected chi connectivity index (χ3v) is 2.29. The quantitative estimate of drug-likeness (QED) is 0.733. The van der Waals surface area contributed by atoms with Crippen LogP contribution >= 0.6 is 0 Å². The number of carbonyl (C=O) groups is 1. The van der Waals surface area contributed by atoms with E-state index >= 15 is 0 Å². The number of nitrogens with one attached hydrogen (secondary N) is 1. The van der Waals surface area contributed by atoms with E-state index in [1.807, 2.05) is 32.0 Å². The maximum atomic E-state index is 11.3. The molecule has 0 aliphatic heterocycles. The predicted molar refractivity (Wildman–Crippen MR) is 73.9 cm³/mol. The fraction of sp³-hybridized carbons (Fsp3) is 0.500. The van der Waals surface area contributed by atoms with Gasteiger partial charge in [-0.25, -0.2) is 0 Å². The zero-order chi connectivity index (χ0) is 14.1. The van der Waals surface area contributed by atoms with Crippen LogP contribution in [0.25, 0.3) is 0 Å². The number of rotatable bonds is 8. The Labute approximate surface area is 113 Å². The third-order valence-electron chi connectivity index (χ3n) is 2.29. The van der Waals surface area contributed by atoms with E-state index in [1.54, 1.807) is 6.92 Å². The number of hydrogen-bond donors (Lipinski definition) is 1. The van der Waals surface area contributed by atoms with Crippen molar-refractivity contribution >= 4 is 11.7 Å². The Kier molecular flexibility index (Phi) is 6.57. The summed E-state index contributed by atoms with van der Waals surface area (Å²) < 4.78 is 15.8. The van der Waals surface area contributed by atoms with Gasteiger partial charge in [0.15, 0.2) is 11.5 Å². The van der Waals surface area contributed by atoms with Gasteiger partial charge in [0.1, 0.15) is 6.54 Å². The molecule has 0 unspecified atom stereocenters. The van der Waals surface area contributed by atoms with Crippen LogP contribution in [0.4, 0.5) is 5.69 Å². The standard InChI is InChI=1S/C14H21NO4/c1-4-17-12-8-7-11(9-13(12)18-5-2)15-10-14(16)19-6-3/h7-9,15H,4-6,10H2,1-3H3. The van der Waals surface area contributed by atoms with Crippen LogP contribution in [-0.4, -0.2) is 32.3 Å². The van der Waals surface area contributed by atoms with Crippen molar-refractivity contribution in [2.75, 3.05) is 31.7 Å². The second kappa shape index (κ2) is 8.24. The van der Waals surface area contributed by atoms with Gasteiger partial charge in [-0.15, -0.1) is 0 Å². The molecule has 0 aromatic heterocycles. The molecule has 0 atom stereocenters. The first-order valence-electron chi connectivity index (χ1n) is 6.50. The lowest BCUT2D eigenvalue weighted by Crippen LogP contribution is -2.16. The molecule has 5 nitrogen and oxygen atoms in total. The van der Waals surface area contributed by atoms with Crippen molar-refractivity contribution in [1.29, 1.82) is 0 Å². The Morgan fingerprint density at radius 3 is 2.37 bits per heavy atom. The second-order valence-electron chi connectivity index (χ2n) is 3.69. The van der Waals surface area contributed by atoms with Crippen molar-refractivity contribution in [3.8, 4) is 11.5 Å². The van der Waals surface area contributed by atoms with Gasteiger partial charge in [-0.05, 0) is 32.9 Å². The third kappa shape index (κ3) is 5.07. The summed E-state index contributed by atoms with van der Waals surface area (Å²) in [4.78, 5) is 11.3. The van der Waals surface area contributed by atoms with Crippen LogP contribution in [0.1, 0.15) is 20.8 Å². The van der Waals surface area contributed by atoms with Crippen LogP contribution in [0.2, 0.25) is 0 Å². The molecule has 1 aromatic carbocycles. The normalized spacial score (nSPS) is 9.84. The lowest BCUT2D eigenvalue weighted by Gasteiger charge is -2.13. The minimum atomic E-state index is -0.283. The molecule has 106 valence electrons. The van der Waals surface area contributed by atoms with Crippen LogP contribution in [0.3, 0.4) is 0 Å². The smallest absolute Gasteiger partial charge is 0.325 e. The maximum Gasteiger partial charge on any atom is 0.325 e. The van der Waals surface area contributed by atoms with Gasteiger partial charge < -0.3 is 19.5 Å². The van der Waals surface area contributed by atoms with Crippen LogP contribution in [-0.2, 0) is 9.53 Å². The van der Waals surface area contributed by atoms with E-state index in [9.17, 15) is 4.79 Å². The van der Waals surface area contributed by atoms with Gasteiger partial charge in [-0.3, -0.25) is 4.79 Å². The molecule has 1 N–H and O–H groups in total. The van der Waals surface area contributed by atoms with Crippen LogP contribution in [0.5, 0.6) is 11.5 Å². The van der Waals surface area contributed by atoms with Crippen LogP contribution < -0.4 is 14.8 Å². The number of hydrogen-bond acceptors (Lipinski definition) is 5. The SMILES string of the molecule is CCOC(=O)CNc1ccc(OCC)c(OCC)c1. The van der Waals surface area contributed by atoms with E-state index in [4.69, 9.17) is 14.2 Å². The summed E-state index contributed by atoms with van der Waals surface area (Å²) in [5.41, 5.74) is 0.792. The van der Waals surface area contributed by atoms with E-state index in [-0.39, 0.29) is 12.5 Å². The molecule has 19 heavy (non-hydrogen) atoms. The number of benzene rings is 1. The predicted octanol–water partition coefficient (Wildman–Crippen LogP) is 2.46. The highest BCUT2D eigenvalue weighted by molar-refractivity contribution is 5.75. The Hall–Kier alpha value is -1.91. The minimum Gasteiger partial charge on any atom is -0.490 e. The number of esters is 1. The summed E-state index contributed by atoms with van der Waals surface area (Å²) in [6, 6.07) is 5.47. The van der Waals surface area contributed by atoms with Gasteiger partial charge >= 0.3 is 5.97 Å². The molecule has 0 radical (unpaired) electrons. The zero-order valence-electron chi connectivity index (χ0n) is 11.7. The number of ether oxygens (including phenoxy) is 3. The fourth-order valence-electron chi connectivity index (χ4n) is 1.55. The molecule has 0 aliphatic carbocycles. The summed E-state index contributed by atoms with van der Waals surface area (Å²) in [5, 5.41) is 2.99. The van der Waals surface area contributed by atoms with Gasteiger partial charge in [0, 0.05) is 11.8 Å². The average molecular weight is 267 g/mol.